The summed E-state index contributed by atoms with van der Waals surface area (Å²) in [6.45, 7) is 1.29. The van der Waals surface area contributed by atoms with Crippen LogP contribution in [0, 0.1) is 11.7 Å². The molecule has 1 atom stereocenters. The van der Waals surface area contributed by atoms with Crippen LogP contribution >= 0.6 is 11.6 Å². The lowest BCUT2D eigenvalue weighted by Crippen LogP contribution is -2.46. The highest BCUT2D eigenvalue weighted by atomic mass is 35.5. The molecule has 1 fully saturated rings. The van der Waals surface area contributed by atoms with Gasteiger partial charge in [0, 0.05) is 30.3 Å². The van der Waals surface area contributed by atoms with Crippen LogP contribution in [0.1, 0.15) is 18.4 Å². The van der Waals surface area contributed by atoms with E-state index in [9.17, 15) is 14.0 Å². The minimum absolute atomic E-state index is 0.0887. The van der Waals surface area contributed by atoms with Gasteiger partial charge in [-0.1, -0.05) is 29.8 Å². The Kier molecular flexibility index (Phi) is 6.29. The quantitative estimate of drug-likeness (QED) is 0.829. The highest BCUT2D eigenvalue weighted by Gasteiger charge is 2.28. The van der Waals surface area contributed by atoms with E-state index < -0.39 is 0 Å². The minimum Gasteiger partial charge on any atom is -0.352 e. The fourth-order valence-electron chi connectivity index (χ4n) is 3.08. The molecule has 0 radical (unpaired) electrons. The first-order chi connectivity index (χ1) is 13.0. The zero-order chi connectivity index (χ0) is 19.2. The van der Waals surface area contributed by atoms with E-state index in [0.29, 0.717) is 30.3 Å². The largest absolute Gasteiger partial charge is 0.352 e. The Morgan fingerprint density at radius 3 is 2.63 bits per heavy atom. The van der Waals surface area contributed by atoms with Crippen LogP contribution in [0.25, 0.3) is 0 Å². The van der Waals surface area contributed by atoms with Crippen LogP contribution < -0.4 is 10.6 Å². The number of nitrogens with one attached hydrogen (secondary N) is 2. The SMILES string of the molecule is O=C(NCc1ccccc1Cl)[C@H]1CCCN(C(=O)Nc2ccc(F)cc2)C1. The monoisotopic (exact) mass is 389 g/mol. The van der Waals surface area contributed by atoms with Gasteiger partial charge >= 0.3 is 6.03 Å². The summed E-state index contributed by atoms with van der Waals surface area (Å²) in [6, 6.07) is 12.7. The van der Waals surface area contributed by atoms with E-state index in [2.05, 4.69) is 10.6 Å². The lowest BCUT2D eigenvalue weighted by atomic mass is 9.97. The molecule has 1 aliphatic rings. The number of carbonyl (C=O) groups is 2. The molecule has 2 aromatic carbocycles. The summed E-state index contributed by atoms with van der Waals surface area (Å²) in [6.07, 6.45) is 1.48. The normalized spacial score (nSPS) is 16.7. The van der Waals surface area contributed by atoms with Crippen molar-refractivity contribution in [3.8, 4) is 0 Å². The molecule has 2 N–H and O–H groups in total. The van der Waals surface area contributed by atoms with Gasteiger partial charge in [-0.25, -0.2) is 9.18 Å². The molecule has 7 heteroatoms. The number of urea groups is 1. The van der Waals surface area contributed by atoms with E-state index in [0.717, 1.165) is 18.4 Å². The summed E-state index contributed by atoms with van der Waals surface area (Å²) in [4.78, 5) is 26.5. The van der Waals surface area contributed by atoms with Gasteiger partial charge in [-0.15, -0.1) is 0 Å². The van der Waals surface area contributed by atoms with Crippen LogP contribution in [0.15, 0.2) is 48.5 Å². The third kappa shape index (κ3) is 5.20. The Hall–Kier alpha value is -2.60. The number of hydrogen-bond acceptors (Lipinski definition) is 2. The molecule has 0 aliphatic carbocycles. The molecule has 3 amide bonds. The van der Waals surface area contributed by atoms with Crippen LogP contribution in [0.3, 0.4) is 0 Å². The lowest BCUT2D eigenvalue weighted by Gasteiger charge is -2.32. The van der Waals surface area contributed by atoms with Crippen molar-refractivity contribution in [3.05, 3.63) is 64.9 Å². The van der Waals surface area contributed by atoms with Crippen molar-refractivity contribution < 1.29 is 14.0 Å². The van der Waals surface area contributed by atoms with E-state index in [1.54, 1.807) is 11.0 Å². The van der Waals surface area contributed by atoms with Crippen molar-refractivity contribution in [1.82, 2.24) is 10.2 Å². The molecule has 2 aromatic rings. The average molecular weight is 390 g/mol. The van der Waals surface area contributed by atoms with Crippen molar-refractivity contribution >= 4 is 29.2 Å². The summed E-state index contributed by atoms with van der Waals surface area (Å²) < 4.78 is 13.0. The number of likely N-dealkylation sites (tertiary alicyclic amines) is 1. The van der Waals surface area contributed by atoms with Gasteiger partial charge in [-0.2, -0.15) is 0 Å². The molecular formula is C20H21ClFN3O2. The summed E-state index contributed by atoms with van der Waals surface area (Å²) in [7, 11) is 0. The Morgan fingerprint density at radius 2 is 1.89 bits per heavy atom. The number of rotatable bonds is 4. The van der Waals surface area contributed by atoms with Crippen molar-refractivity contribution in [2.24, 2.45) is 5.92 Å². The Morgan fingerprint density at radius 1 is 1.15 bits per heavy atom. The Labute approximate surface area is 162 Å². The number of carbonyl (C=O) groups excluding carboxylic acids is 2. The molecule has 5 nitrogen and oxygen atoms in total. The standard InChI is InChI=1S/C20H21ClFN3O2/c21-18-6-2-1-4-14(18)12-23-19(26)15-5-3-11-25(13-15)20(27)24-17-9-7-16(22)8-10-17/h1-2,4,6-10,15H,3,5,11-13H2,(H,23,26)(H,24,27)/t15-/m0/s1. The van der Waals surface area contributed by atoms with E-state index >= 15 is 0 Å². The third-order valence-corrected chi connectivity index (χ3v) is 4.95. The van der Waals surface area contributed by atoms with Crippen LogP contribution in [-0.2, 0) is 11.3 Å². The molecular weight excluding hydrogens is 369 g/mol. The molecule has 142 valence electrons. The van der Waals surface area contributed by atoms with Gasteiger partial charge in [0.05, 0.1) is 5.92 Å². The van der Waals surface area contributed by atoms with Gasteiger partial charge in [0.2, 0.25) is 5.91 Å². The fraction of sp³-hybridized carbons (Fsp3) is 0.300. The van der Waals surface area contributed by atoms with Crippen molar-refractivity contribution in [3.63, 3.8) is 0 Å². The van der Waals surface area contributed by atoms with E-state index in [1.807, 2.05) is 18.2 Å². The minimum atomic E-state index is -0.360. The number of anilines is 1. The zero-order valence-corrected chi connectivity index (χ0v) is 15.5. The van der Waals surface area contributed by atoms with E-state index in [-0.39, 0.29) is 23.7 Å². The van der Waals surface area contributed by atoms with Gasteiger partial charge in [-0.05, 0) is 48.7 Å². The molecule has 3 rings (SSSR count). The molecule has 27 heavy (non-hydrogen) atoms. The molecule has 0 saturated carbocycles. The van der Waals surface area contributed by atoms with Crippen LogP contribution in [-0.4, -0.2) is 29.9 Å². The lowest BCUT2D eigenvalue weighted by molar-refractivity contribution is -0.126. The maximum atomic E-state index is 13.0. The van der Waals surface area contributed by atoms with Gasteiger partial charge in [0.25, 0.3) is 0 Å². The van der Waals surface area contributed by atoms with Gasteiger partial charge in [0.1, 0.15) is 5.82 Å². The second kappa shape index (κ2) is 8.86. The Bertz CT molecular complexity index is 813. The molecule has 0 spiro atoms. The summed E-state index contributed by atoms with van der Waals surface area (Å²) in [5, 5.41) is 6.25. The average Bonchev–Trinajstić information content (AvgIpc) is 2.69. The molecule has 0 aromatic heterocycles. The first-order valence-electron chi connectivity index (χ1n) is 8.85. The summed E-state index contributed by atoms with van der Waals surface area (Å²) >= 11 is 6.11. The summed E-state index contributed by atoms with van der Waals surface area (Å²) in [5.74, 6) is -0.712. The highest BCUT2D eigenvalue weighted by Crippen LogP contribution is 2.19. The van der Waals surface area contributed by atoms with Crippen LogP contribution in [0.4, 0.5) is 14.9 Å². The van der Waals surface area contributed by atoms with Gasteiger partial charge in [-0.3, -0.25) is 4.79 Å². The number of piperidine rings is 1. The molecule has 1 saturated heterocycles. The third-order valence-electron chi connectivity index (χ3n) is 4.59. The highest BCUT2D eigenvalue weighted by molar-refractivity contribution is 6.31. The number of hydrogen-bond donors (Lipinski definition) is 2. The van der Waals surface area contributed by atoms with Gasteiger partial charge < -0.3 is 15.5 Å². The first-order valence-corrected chi connectivity index (χ1v) is 9.23. The number of nitrogens with zero attached hydrogens (tertiary/aromatic N) is 1. The second-order valence-electron chi connectivity index (χ2n) is 6.53. The van der Waals surface area contributed by atoms with E-state index in [4.69, 9.17) is 11.6 Å². The molecule has 1 heterocycles. The Balaban J connectivity index is 1.53. The fourth-order valence-corrected chi connectivity index (χ4v) is 3.28. The molecule has 1 aliphatic heterocycles. The topological polar surface area (TPSA) is 61.4 Å². The van der Waals surface area contributed by atoms with Crippen LogP contribution in [0.2, 0.25) is 5.02 Å². The van der Waals surface area contributed by atoms with Crippen molar-refractivity contribution in [2.45, 2.75) is 19.4 Å². The zero-order valence-electron chi connectivity index (χ0n) is 14.8. The van der Waals surface area contributed by atoms with Crippen molar-refractivity contribution in [2.75, 3.05) is 18.4 Å². The number of benzene rings is 2. The predicted octanol–water partition coefficient (Wildman–Crippen LogP) is 4.04. The maximum absolute atomic E-state index is 13.0. The van der Waals surface area contributed by atoms with E-state index in [1.165, 1.54) is 24.3 Å². The molecule has 0 unspecified atom stereocenters. The number of halogens is 2. The second-order valence-corrected chi connectivity index (χ2v) is 6.94. The smallest absolute Gasteiger partial charge is 0.321 e. The summed E-state index contributed by atoms with van der Waals surface area (Å²) in [5.41, 5.74) is 1.38. The maximum Gasteiger partial charge on any atom is 0.321 e. The number of amides is 3. The molecule has 0 bridgehead atoms. The van der Waals surface area contributed by atoms with Crippen LogP contribution in [0.5, 0.6) is 0 Å². The van der Waals surface area contributed by atoms with Crippen molar-refractivity contribution in [1.29, 1.82) is 0 Å². The first kappa shape index (κ1) is 19.2. The predicted molar refractivity (Wildman–Crippen MR) is 103 cm³/mol. The van der Waals surface area contributed by atoms with Gasteiger partial charge in [0.15, 0.2) is 0 Å².